The fourth-order valence-electron chi connectivity index (χ4n) is 3.19. The summed E-state index contributed by atoms with van der Waals surface area (Å²) < 4.78 is 11.4. The fourth-order valence-corrected chi connectivity index (χ4v) is 3.37. The van der Waals surface area contributed by atoms with Crippen molar-refractivity contribution in [3.63, 3.8) is 0 Å². The van der Waals surface area contributed by atoms with Crippen LogP contribution in [-0.2, 0) is 4.79 Å². The lowest BCUT2D eigenvalue weighted by molar-refractivity contribution is -0.146. The monoisotopic (exact) mass is 360 g/mol. The Morgan fingerprint density at radius 2 is 1.88 bits per heavy atom. The Morgan fingerprint density at radius 3 is 2.56 bits per heavy atom. The van der Waals surface area contributed by atoms with E-state index in [1.807, 2.05) is 18.2 Å². The molecule has 5 heteroatoms. The molecule has 0 radical (unpaired) electrons. The molecule has 0 bridgehead atoms. The second-order valence-corrected chi connectivity index (χ2v) is 6.67. The Hall–Kier alpha value is -2.20. The third-order valence-corrected chi connectivity index (χ3v) is 4.69. The molecule has 132 valence electrons. The van der Waals surface area contributed by atoms with E-state index in [1.54, 1.807) is 30.3 Å². The predicted molar refractivity (Wildman–Crippen MR) is 96.6 cm³/mol. The molecule has 1 aliphatic rings. The van der Waals surface area contributed by atoms with Crippen molar-refractivity contribution in [2.24, 2.45) is 0 Å². The van der Waals surface area contributed by atoms with Crippen LogP contribution in [0.2, 0.25) is 5.02 Å². The van der Waals surface area contributed by atoms with Gasteiger partial charge in [0.05, 0.1) is 0 Å². The summed E-state index contributed by atoms with van der Waals surface area (Å²) >= 11 is 6.14. The van der Waals surface area contributed by atoms with Crippen LogP contribution in [0.5, 0.6) is 11.5 Å². The van der Waals surface area contributed by atoms with E-state index >= 15 is 0 Å². The standard InChI is InChI=1S/C20H21ClO4/c21-15-10-11-18(17(12-15)14-6-4-5-7-14)24-13-19(20(22)23)25-16-8-2-1-3-9-16/h1-3,8-12,14,19H,4-7,13H2,(H,22,23). The Morgan fingerprint density at radius 1 is 1.16 bits per heavy atom. The maximum Gasteiger partial charge on any atom is 0.348 e. The van der Waals surface area contributed by atoms with Gasteiger partial charge in [0.1, 0.15) is 18.1 Å². The van der Waals surface area contributed by atoms with Gasteiger partial charge in [-0.15, -0.1) is 0 Å². The highest BCUT2D eigenvalue weighted by molar-refractivity contribution is 6.30. The molecule has 2 aromatic rings. The molecule has 1 saturated carbocycles. The molecule has 0 spiro atoms. The van der Waals surface area contributed by atoms with Gasteiger partial charge in [-0.2, -0.15) is 0 Å². The van der Waals surface area contributed by atoms with Gasteiger partial charge in [-0.3, -0.25) is 0 Å². The molecule has 1 unspecified atom stereocenters. The van der Waals surface area contributed by atoms with Gasteiger partial charge >= 0.3 is 5.97 Å². The lowest BCUT2D eigenvalue weighted by Crippen LogP contribution is -2.33. The van der Waals surface area contributed by atoms with Crippen LogP contribution in [0.15, 0.2) is 48.5 Å². The number of carbonyl (C=O) groups is 1. The van der Waals surface area contributed by atoms with E-state index in [1.165, 1.54) is 12.8 Å². The Labute approximate surface area is 152 Å². The molecule has 1 atom stereocenters. The van der Waals surface area contributed by atoms with Gasteiger partial charge in [-0.25, -0.2) is 4.79 Å². The highest BCUT2D eigenvalue weighted by Gasteiger charge is 2.24. The third-order valence-electron chi connectivity index (χ3n) is 4.45. The van der Waals surface area contributed by atoms with Gasteiger partial charge in [0.15, 0.2) is 0 Å². The zero-order chi connectivity index (χ0) is 17.6. The molecule has 4 nitrogen and oxygen atoms in total. The summed E-state index contributed by atoms with van der Waals surface area (Å²) in [6.07, 6.45) is 3.55. The first kappa shape index (κ1) is 17.6. The average molecular weight is 361 g/mol. The zero-order valence-corrected chi connectivity index (χ0v) is 14.6. The van der Waals surface area contributed by atoms with Crippen LogP contribution in [0, 0.1) is 0 Å². The van der Waals surface area contributed by atoms with E-state index in [9.17, 15) is 9.90 Å². The molecule has 1 fully saturated rings. The minimum absolute atomic E-state index is 0.0639. The van der Waals surface area contributed by atoms with Crippen LogP contribution in [0.25, 0.3) is 0 Å². The minimum atomic E-state index is -1.07. The molecule has 1 N–H and O–H groups in total. The SMILES string of the molecule is O=C(O)C(COc1ccc(Cl)cc1C1CCCC1)Oc1ccccc1. The van der Waals surface area contributed by atoms with E-state index < -0.39 is 12.1 Å². The maximum atomic E-state index is 11.5. The van der Waals surface area contributed by atoms with Crippen molar-refractivity contribution >= 4 is 17.6 Å². The summed E-state index contributed by atoms with van der Waals surface area (Å²) in [5.41, 5.74) is 1.06. The van der Waals surface area contributed by atoms with Crippen molar-refractivity contribution in [1.29, 1.82) is 0 Å². The summed E-state index contributed by atoms with van der Waals surface area (Å²) in [6.45, 7) is -0.0639. The van der Waals surface area contributed by atoms with Crippen molar-refractivity contribution in [2.75, 3.05) is 6.61 Å². The van der Waals surface area contributed by atoms with E-state index in [2.05, 4.69) is 0 Å². The quantitative estimate of drug-likeness (QED) is 0.762. The molecular formula is C20H21ClO4. The van der Waals surface area contributed by atoms with E-state index in [0.29, 0.717) is 22.4 Å². The van der Waals surface area contributed by atoms with Crippen molar-refractivity contribution in [2.45, 2.75) is 37.7 Å². The maximum absolute atomic E-state index is 11.5. The van der Waals surface area contributed by atoms with Gasteiger partial charge in [-0.05, 0) is 54.7 Å². The molecule has 0 saturated heterocycles. The van der Waals surface area contributed by atoms with E-state index in [-0.39, 0.29) is 6.61 Å². The number of ether oxygens (including phenoxy) is 2. The summed E-state index contributed by atoms with van der Waals surface area (Å²) in [5, 5.41) is 10.1. The van der Waals surface area contributed by atoms with Gasteiger partial charge in [0.2, 0.25) is 6.10 Å². The summed E-state index contributed by atoms with van der Waals surface area (Å²) in [6, 6.07) is 14.4. The smallest absolute Gasteiger partial charge is 0.348 e. The first-order valence-electron chi connectivity index (χ1n) is 8.50. The zero-order valence-electron chi connectivity index (χ0n) is 13.9. The number of hydrogen-bond acceptors (Lipinski definition) is 3. The van der Waals surface area contributed by atoms with E-state index in [0.717, 1.165) is 18.4 Å². The average Bonchev–Trinajstić information content (AvgIpc) is 3.14. The first-order chi connectivity index (χ1) is 12.1. The number of hydrogen-bond donors (Lipinski definition) is 1. The van der Waals surface area contributed by atoms with Crippen LogP contribution >= 0.6 is 11.6 Å². The molecule has 0 amide bonds. The Bertz CT molecular complexity index is 711. The molecule has 0 aliphatic heterocycles. The number of halogens is 1. The Balaban J connectivity index is 1.71. The largest absolute Gasteiger partial charge is 0.489 e. The second kappa shape index (κ2) is 8.26. The van der Waals surface area contributed by atoms with Crippen LogP contribution in [0.3, 0.4) is 0 Å². The number of carboxylic acids is 1. The van der Waals surface area contributed by atoms with Gasteiger partial charge in [0, 0.05) is 5.02 Å². The molecular weight excluding hydrogens is 340 g/mol. The topological polar surface area (TPSA) is 55.8 Å². The molecule has 25 heavy (non-hydrogen) atoms. The molecule has 3 rings (SSSR count). The van der Waals surface area contributed by atoms with Crippen molar-refractivity contribution in [1.82, 2.24) is 0 Å². The fraction of sp³-hybridized carbons (Fsp3) is 0.350. The number of carboxylic acid groups (broad SMARTS) is 1. The molecule has 1 aliphatic carbocycles. The van der Waals surface area contributed by atoms with E-state index in [4.69, 9.17) is 21.1 Å². The lowest BCUT2D eigenvalue weighted by Gasteiger charge is -2.19. The lowest BCUT2D eigenvalue weighted by atomic mass is 9.97. The van der Waals surface area contributed by atoms with Crippen molar-refractivity contribution < 1.29 is 19.4 Å². The first-order valence-corrected chi connectivity index (χ1v) is 8.88. The Kier molecular flexibility index (Phi) is 5.82. The molecule has 2 aromatic carbocycles. The van der Waals surface area contributed by atoms with Crippen LogP contribution in [-0.4, -0.2) is 23.8 Å². The minimum Gasteiger partial charge on any atom is -0.489 e. The highest BCUT2D eigenvalue weighted by atomic mass is 35.5. The summed E-state index contributed by atoms with van der Waals surface area (Å²) in [5.74, 6) is 0.567. The van der Waals surface area contributed by atoms with Crippen molar-refractivity contribution in [3.8, 4) is 11.5 Å². The number of rotatable bonds is 7. The summed E-state index contributed by atoms with van der Waals surface area (Å²) in [4.78, 5) is 11.5. The van der Waals surface area contributed by atoms with Crippen molar-refractivity contribution in [3.05, 3.63) is 59.1 Å². The summed E-state index contributed by atoms with van der Waals surface area (Å²) in [7, 11) is 0. The number of benzene rings is 2. The highest BCUT2D eigenvalue weighted by Crippen LogP contribution is 2.40. The van der Waals surface area contributed by atoms with Crippen LogP contribution in [0.4, 0.5) is 0 Å². The third kappa shape index (κ3) is 4.67. The predicted octanol–water partition coefficient (Wildman–Crippen LogP) is 4.91. The van der Waals surface area contributed by atoms with Crippen LogP contribution < -0.4 is 9.47 Å². The number of para-hydroxylation sites is 1. The van der Waals surface area contributed by atoms with Gasteiger partial charge < -0.3 is 14.6 Å². The van der Waals surface area contributed by atoms with Gasteiger partial charge in [-0.1, -0.05) is 42.6 Å². The van der Waals surface area contributed by atoms with Gasteiger partial charge in [0.25, 0.3) is 0 Å². The number of aliphatic carboxylic acids is 1. The van der Waals surface area contributed by atoms with Crippen LogP contribution in [0.1, 0.15) is 37.2 Å². The second-order valence-electron chi connectivity index (χ2n) is 6.23. The molecule has 0 aromatic heterocycles. The normalized spacial score (nSPS) is 15.7. The molecule has 0 heterocycles.